The molecule has 0 aromatic heterocycles. The quantitative estimate of drug-likeness (QED) is 0.477. The van der Waals surface area contributed by atoms with Gasteiger partial charge in [-0.15, -0.1) is 0 Å². The average molecular weight is 333 g/mol. The van der Waals surface area contributed by atoms with Crippen molar-refractivity contribution in [3.05, 3.63) is 23.3 Å². The Bertz CT molecular complexity index is 416. The van der Waals surface area contributed by atoms with Gasteiger partial charge in [0, 0.05) is 12.0 Å². The van der Waals surface area contributed by atoms with Crippen LogP contribution in [0.2, 0.25) is 0 Å². The van der Waals surface area contributed by atoms with Crippen LogP contribution >= 0.6 is 0 Å². The number of hydrogen-bond acceptors (Lipinski definition) is 2. The lowest BCUT2D eigenvalue weighted by Gasteiger charge is -2.16. The fraction of sp³-hybridized carbons (Fsp3) is 0.417. The molecule has 1 heterocycles. The largest absolute Gasteiger partial charge is 1.00 e. The third-order valence-electron chi connectivity index (χ3n) is 2.78. The second-order valence-electron chi connectivity index (χ2n) is 3.72. The first-order valence-electron chi connectivity index (χ1n) is 5.05. The maximum atomic E-state index is 5.35. The van der Waals surface area contributed by atoms with Crippen LogP contribution in [0.3, 0.4) is 0 Å². The molecule has 0 amide bonds. The van der Waals surface area contributed by atoms with E-state index >= 15 is 0 Å². The van der Waals surface area contributed by atoms with Crippen molar-refractivity contribution in [2.75, 3.05) is 27.8 Å². The number of hydrogen-bond donors (Lipinski definition) is 0. The molecule has 0 N–H and O–H groups in total. The summed E-state index contributed by atoms with van der Waals surface area (Å²) < 4.78 is 12.9. The van der Waals surface area contributed by atoms with Crippen molar-refractivity contribution in [3.8, 4) is 11.5 Å². The van der Waals surface area contributed by atoms with Gasteiger partial charge < -0.3 is 33.5 Å². The number of ether oxygens (including phenoxy) is 2. The van der Waals surface area contributed by atoms with Gasteiger partial charge in [-0.2, -0.15) is 0 Å². The molecule has 1 aliphatic rings. The highest BCUT2D eigenvalue weighted by atomic mass is 127. The Labute approximate surface area is 113 Å². The van der Waals surface area contributed by atoms with Crippen LogP contribution < -0.4 is 33.5 Å². The van der Waals surface area contributed by atoms with E-state index in [9.17, 15) is 0 Å². The number of benzene rings is 1. The molecule has 3 nitrogen and oxygen atoms in total. The summed E-state index contributed by atoms with van der Waals surface area (Å²) in [6, 6.07) is 3.92. The highest BCUT2D eigenvalue weighted by molar-refractivity contribution is 5.84. The van der Waals surface area contributed by atoms with E-state index in [4.69, 9.17) is 9.47 Å². The third-order valence-corrected chi connectivity index (χ3v) is 2.78. The molecule has 0 fully saturated rings. The van der Waals surface area contributed by atoms with Crippen molar-refractivity contribution in [1.82, 2.24) is 0 Å². The Morgan fingerprint density at radius 3 is 2.38 bits per heavy atom. The summed E-state index contributed by atoms with van der Waals surface area (Å²) in [6.45, 7) is 1.02. The molecule has 16 heavy (non-hydrogen) atoms. The molecule has 0 saturated carbocycles. The first kappa shape index (κ1) is 13.3. The topological polar surface area (TPSA) is 21.5 Å². The second-order valence-corrected chi connectivity index (χ2v) is 3.72. The first-order chi connectivity index (χ1) is 7.26. The molecule has 0 spiro atoms. The van der Waals surface area contributed by atoms with Gasteiger partial charge in [-0.05, 0) is 12.1 Å². The van der Waals surface area contributed by atoms with Crippen LogP contribution in [0.15, 0.2) is 12.1 Å². The summed E-state index contributed by atoms with van der Waals surface area (Å²) in [6.07, 6.45) is 3.11. The van der Waals surface area contributed by atoms with Gasteiger partial charge in [0.1, 0.15) is 25.1 Å². The van der Waals surface area contributed by atoms with Crippen molar-refractivity contribution in [2.45, 2.75) is 6.42 Å². The maximum Gasteiger partial charge on any atom is 0.174 e. The minimum Gasteiger partial charge on any atom is -1.00 e. The average Bonchev–Trinajstić information content (AvgIpc) is 2.27. The van der Waals surface area contributed by atoms with Crippen molar-refractivity contribution in [1.29, 1.82) is 0 Å². The van der Waals surface area contributed by atoms with Crippen LogP contribution in [0.4, 0.5) is 0 Å². The Balaban J connectivity index is 0.00000128. The Hall–Kier alpha value is -0.780. The van der Waals surface area contributed by atoms with E-state index in [0.717, 1.165) is 30.0 Å². The van der Waals surface area contributed by atoms with Crippen LogP contribution in [0, 0.1) is 0 Å². The summed E-state index contributed by atoms with van der Waals surface area (Å²) in [4.78, 5) is 0. The van der Waals surface area contributed by atoms with Gasteiger partial charge in [0.05, 0.1) is 19.8 Å². The smallest absolute Gasteiger partial charge is 0.174 e. The molecule has 2 rings (SSSR count). The molecule has 1 aromatic rings. The summed E-state index contributed by atoms with van der Waals surface area (Å²) >= 11 is 0. The number of halogens is 1. The van der Waals surface area contributed by atoms with E-state index in [1.54, 1.807) is 14.2 Å². The van der Waals surface area contributed by atoms with E-state index < -0.39 is 0 Å². The highest BCUT2D eigenvalue weighted by Gasteiger charge is 2.20. The van der Waals surface area contributed by atoms with Crippen molar-refractivity contribution in [3.63, 3.8) is 0 Å². The van der Waals surface area contributed by atoms with E-state index in [1.807, 2.05) is 12.1 Å². The molecule has 0 aliphatic carbocycles. The SMILES string of the molecule is COc1ccc(OC)c2c1C=[N+](C)CC2.[I-]. The zero-order chi connectivity index (χ0) is 10.8. The molecule has 0 atom stereocenters. The fourth-order valence-corrected chi connectivity index (χ4v) is 1.96. The molecule has 0 bridgehead atoms. The zero-order valence-corrected chi connectivity index (χ0v) is 11.9. The number of methoxy groups -OCH3 is 2. The molecule has 0 radical (unpaired) electrons. The van der Waals surface area contributed by atoms with Crippen LogP contribution in [0.25, 0.3) is 0 Å². The summed E-state index contributed by atoms with van der Waals surface area (Å²) in [5.41, 5.74) is 2.39. The summed E-state index contributed by atoms with van der Waals surface area (Å²) in [5, 5.41) is 0. The maximum absolute atomic E-state index is 5.35. The van der Waals surface area contributed by atoms with Gasteiger partial charge in [-0.3, -0.25) is 0 Å². The minimum atomic E-state index is 0. The molecule has 0 unspecified atom stereocenters. The van der Waals surface area contributed by atoms with Gasteiger partial charge >= 0.3 is 0 Å². The second kappa shape index (κ2) is 5.52. The monoisotopic (exact) mass is 333 g/mol. The van der Waals surface area contributed by atoms with E-state index in [0.29, 0.717) is 0 Å². The Kier molecular flexibility index (Phi) is 4.58. The lowest BCUT2D eigenvalue weighted by molar-refractivity contribution is -0.493. The van der Waals surface area contributed by atoms with Gasteiger partial charge in [0.15, 0.2) is 6.21 Å². The Morgan fingerprint density at radius 2 is 1.75 bits per heavy atom. The van der Waals surface area contributed by atoms with E-state index in [2.05, 4.69) is 17.8 Å². The van der Waals surface area contributed by atoms with Gasteiger partial charge in [-0.25, -0.2) is 4.58 Å². The van der Waals surface area contributed by atoms with Gasteiger partial charge in [0.25, 0.3) is 0 Å². The predicted molar refractivity (Wildman–Crippen MR) is 59.5 cm³/mol. The van der Waals surface area contributed by atoms with E-state index in [-0.39, 0.29) is 24.0 Å². The molecule has 88 valence electrons. The molecular weight excluding hydrogens is 317 g/mol. The number of rotatable bonds is 2. The van der Waals surface area contributed by atoms with Crippen LogP contribution in [-0.2, 0) is 6.42 Å². The van der Waals surface area contributed by atoms with Crippen LogP contribution in [0.5, 0.6) is 11.5 Å². The zero-order valence-electron chi connectivity index (χ0n) is 9.79. The molecule has 1 aliphatic heterocycles. The molecule has 1 aromatic carbocycles. The standard InChI is InChI=1S/C12H16NO2.HI/c1-13-7-6-9-10(8-13)12(15-3)5-4-11(9)14-2;/h4-5,8H,6-7H2,1-3H3;1H/q+1;/p-1. The number of fused-ring (bicyclic) bond motifs is 1. The molecule has 4 heteroatoms. The highest BCUT2D eigenvalue weighted by Crippen LogP contribution is 2.30. The van der Waals surface area contributed by atoms with Gasteiger partial charge in [-0.1, -0.05) is 0 Å². The fourth-order valence-electron chi connectivity index (χ4n) is 1.96. The molecular formula is C12H16INO2. The lowest BCUT2D eigenvalue weighted by Crippen LogP contribution is -3.00. The number of nitrogens with zero attached hydrogens (tertiary/aromatic N) is 1. The predicted octanol–water partition coefficient (Wildman–Crippen LogP) is -1.67. The Morgan fingerprint density at radius 1 is 1.12 bits per heavy atom. The first-order valence-corrected chi connectivity index (χ1v) is 5.05. The lowest BCUT2D eigenvalue weighted by atomic mass is 10.0. The van der Waals surface area contributed by atoms with Crippen molar-refractivity contribution >= 4 is 6.21 Å². The molecule has 0 saturated heterocycles. The minimum absolute atomic E-state index is 0. The van der Waals surface area contributed by atoms with Crippen molar-refractivity contribution in [2.24, 2.45) is 0 Å². The summed E-state index contributed by atoms with van der Waals surface area (Å²) in [7, 11) is 5.48. The normalized spacial score (nSPS) is 13.3. The van der Waals surface area contributed by atoms with Crippen LogP contribution in [-0.4, -0.2) is 38.6 Å². The van der Waals surface area contributed by atoms with E-state index in [1.165, 1.54) is 5.56 Å². The summed E-state index contributed by atoms with van der Waals surface area (Å²) in [5.74, 6) is 1.87. The van der Waals surface area contributed by atoms with Crippen molar-refractivity contribution < 1.29 is 38.0 Å². The van der Waals surface area contributed by atoms with Gasteiger partial charge in [0.2, 0.25) is 0 Å². The number of likely N-dealkylation sites (N-methyl/N-ethyl adjacent to an activating group) is 1. The van der Waals surface area contributed by atoms with Crippen LogP contribution in [0.1, 0.15) is 11.1 Å². The third kappa shape index (κ3) is 2.31.